The molecule has 1 heterocycles. The number of hydrogen-bond donors (Lipinski definition) is 1. The lowest BCUT2D eigenvalue weighted by molar-refractivity contribution is 0.938. The van der Waals surface area contributed by atoms with E-state index in [0.717, 1.165) is 29.8 Å². The van der Waals surface area contributed by atoms with E-state index in [4.69, 9.17) is 0 Å². The van der Waals surface area contributed by atoms with Gasteiger partial charge in [0.15, 0.2) is 0 Å². The number of amidine groups is 1. The second-order valence-electron chi connectivity index (χ2n) is 2.30. The second kappa shape index (κ2) is 3.76. The van der Waals surface area contributed by atoms with Crippen molar-refractivity contribution < 1.29 is 0 Å². The van der Waals surface area contributed by atoms with Gasteiger partial charge in [0.05, 0.1) is 5.84 Å². The molecule has 1 aliphatic heterocycles. The van der Waals surface area contributed by atoms with E-state index in [0.29, 0.717) is 0 Å². The van der Waals surface area contributed by atoms with Crippen LogP contribution in [-0.2, 0) is 0 Å². The number of hydrogen-bond acceptors (Lipinski definition) is 2. The summed E-state index contributed by atoms with van der Waals surface area (Å²) in [4.78, 5) is 4.25. The third kappa shape index (κ3) is 2.52. The topological polar surface area (TPSA) is 24.4 Å². The zero-order valence-corrected chi connectivity index (χ0v) is 7.45. The second-order valence-corrected chi connectivity index (χ2v) is 3.42. The first-order valence-electron chi connectivity index (χ1n) is 3.39. The highest BCUT2D eigenvalue weighted by Gasteiger charge is 2.03. The first kappa shape index (κ1) is 7.79. The fraction of sp³-hybridized carbons (Fsp3) is 0.571. The van der Waals surface area contributed by atoms with Crippen LogP contribution in [0, 0.1) is 0 Å². The average molecular weight is 203 g/mol. The van der Waals surface area contributed by atoms with E-state index in [-0.39, 0.29) is 0 Å². The summed E-state index contributed by atoms with van der Waals surface area (Å²) in [6.45, 7) is 5.49. The van der Waals surface area contributed by atoms with Crippen molar-refractivity contribution in [2.75, 3.05) is 13.1 Å². The van der Waals surface area contributed by atoms with Crippen molar-refractivity contribution in [3.8, 4) is 0 Å². The minimum atomic E-state index is 0.791. The van der Waals surface area contributed by atoms with Gasteiger partial charge < -0.3 is 5.32 Å². The van der Waals surface area contributed by atoms with Gasteiger partial charge in [-0.3, -0.25) is 4.99 Å². The summed E-state index contributed by atoms with van der Waals surface area (Å²) in [7, 11) is 0. The minimum absolute atomic E-state index is 0.791. The van der Waals surface area contributed by atoms with Crippen LogP contribution in [0.25, 0.3) is 0 Å². The molecule has 2 nitrogen and oxygen atoms in total. The Morgan fingerprint density at radius 1 is 1.80 bits per heavy atom. The monoisotopic (exact) mass is 202 g/mol. The molecule has 0 spiro atoms. The lowest BCUT2D eigenvalue weighted by atomic mass is 10.3. The van der Waals surface area contributed by atoms with Crippen LogP contribution in [0.2, 0.25) is 0 Å². The van der Waals surface area contributed by atoms with Gasteiger partial charge in [0, 0.05) is 24.0 Å². The molecule has 1 aliphatic rings. The molecular weight excluding hydrogens is 192 g/mol. The number of rotatable bonds is 2. The maximum atomic E-state index is 4.25. The van der Waals surface area contributed by atoms with Crippen molar-refractivity contribution in [1.29, 1.82) is 0 Å². The lowest BCUT2D eigenvalue weighted by Crippen LogP contribution is -2.22. The number of nitrogens with one attached hydrogen (secondary N) is 1. The zero-order chi connectivity index (χ0) is 7.40. The molecule has 1 N–H and O–H groups in total. The Labute approximate surface area is 69.5 Å². The van der Waals surface area contributed by atoms with Crippen LogP contribution in [0.1, 0.15) is 12.8 Å². The summed E-state index contributed by atoms with van der Waals surface area (Å²) in [5.74, 6) is 1.13. The molecule has 0 aliphatic carbocycles. The van der Waals surface area contributed by atoms with E-state index >= 15 is 0 Å². The van der Waals surface area contributed by atoms with E-state index < -0.39 is 0 Å². The van der Waals surface area contributed by atoms with Crippen molar-refractivity contribution in [3.63, 3.8) is 0 Å². The number of aliphatic imine (C=N–C) groups is 1. The van der Waals surface area contributed by atoms with Gasteiger partial charge in [-0.1, -0.05) is 22.5 Å². The van der Waals surface area contributed by atoms with Crippen LogP contribution < -0.4 is 5.32 Å². The Morgan fingerprint density at radius 2 is 2.60 bits per heavy atom. The average Bonchev–Trinajstić information content (AvgIpc) is 2.34. The van der Waals surface area contributed by atoms with Crippen LogP contribution in [0.3, 0.4) is 0 Å². The van der Waals surface area contributed by atoms with Crippen molar-refractivity contribution in [3.05, 3.63) is 11.1 Å². The molecule has 0 bridgehead atoms. The molecule has 0 amide bonds. The lowest BCUT2D eigenvalue weighted by Gasteiger charge is -2.02. The van der Waals surface area contributed by atoms with Crippen molar-refractivity contribution in [2.45, 2.75) is 12.8 Å². The highest BCUT2D eigenvalue weighted by Crippen LogP contribution is 2.03. The highest BCUT2D eigenvalue weighted by molar-refractivity contribution is 9.11. The molecule has 0 radical (unpaired) electrons. The SMILES string of the molecule is C=C(Br)CNC1=NCCC1. The third-order valence-electron chi connectivity index (χ3n) is 1.36. The molecule has 3 heteroatoms. The molecule has 0 aromatic rings. The molecule has 0 saturated carbocycles. The Morgan fingerprint density at radius 3 is 3.10 bits per heavy atom. The number of nitrogens with zero attached hydrogens (tertiary/aromatic N) is 1. The van der Waals surface area contributed by atoms with Crippen molar-refractivity contribution >= 4 is 21.8 Å². The Hall–Kier alpha value is -0.310. The van der Waals surface area contributed by atoms with Crippen LogP contribution >= 0.6 is 15.9 Å². The van der Waals surface area contributed by atoms with Crippen molar-refractivity contribution in [2.24, 2.45) is 4.99 Å². The zero-order valence-electron chi connectivity index (χ0n) is 5.86. The molecule has 0 aromatic carbocycles. The van der Waals surface area contributed by atoms with E-state index in [2.05, 4.69) is 32.8 Å². The van der Waals surface area contributed by atoms with Gasteiger partial charge in [-0.05, 0) is 6.42 Å². The third-order valence-corrected chi connectivity index (χ3v) is 1.64. The summed E-state index contributed by atoms with van der Waals surface area (Å²) in [5.41, 5.74) is 0. The largest absolute Gasteiger partial charge is 0.369 e. The fourth-order valence-electron chi connectivity index (χ4n) is 0.882. The van der Waals surface area contributed by atoms with E-state index in [1.807, 2.05) is 0 Å². The summed E-state index contributed by atoms with van der Waals surface area (Å²) in [5, 5.41) is 3.18. The summed E-state index contributed by atoms with van der Waals surface area (Å²) >= 11 is 3.27. The standard InChI is InChI=1S/C7H11BrN2/c1-6(8)5-10-7-3-2-4-9-7/h1-5H2,(H,9,10). The van der Waals surface area contributed by atoms with Gasteiger partial charge in [-0.2, -0.15) is 0 Å². The predicted molar refractivity (Wildman–Crippen MR) is 47.6 cm³/mol. The predicted octanol–water partition coefficient (Wildman–Crippen LogP) is 1.68. The highest BCUT2D eigenvalue weighted by atomic mass is 79.9. The molecular formula is C7H11BrN2. The van der Waals surface area contributed by atoms with Crippen LogP contribution in [0.4, 0.5) is 0 Å². The van der Waals surface area contributed by atoms with E-state index in [1.165, 1.54) is 6.42 Å². The van der Waals surface area contributed by atoms with Crippen LogP contribution in [0.15, 0.2) is 16.1 Å². The van der Waals surface area contributed by atoms with Gasteiger partial charge in [0.25, 0.3) is 0 Å². The summed E-state index contributed by atoms with van der Waals surface area (Å²) in [6, 6.07) is 0. The number of halogens is 1. The van der Waals surface area contributed by atoms with Gasteiger partial charge in [-0.15, -0.1) is 0 Å². The summed E-state index contributed by atoms with van der Waals surface area (Å²) < 4.78 is 0.974. The van der Waals surface area contributed by atoms with Crippen molar-refractivity contribution in [1.82, 2.24) is 5.32 Å². The Kier molecular flexibility index (Phi) is 2.93. The first-order chi connectivity index (χ1) is 4.79. The van der Waals surface area contributed by atoms with Gasteiger partial charge >= 0.3 is 0 Å². The molecule has 1 rings (SSSR count). The van der Waals surface area contributed by atoms with Gasteiger partial charge in [0.1, 0.15) is 0 Å². The van der Waals surface area contributed by atoms with Gasteiger partial charge in [-0.25, -0.2) is 0 Å². The maximum Gasteiger partial charge on any atom is 0.0966 e. The Bertz CT molecular complexity index is 163. The maximum absolute atomic E-state index is 4.25. The quantitative estimate of drug-likeness (QED) is 0.725. The summed E-state index contributed by atoms with van der Waals surface area (Å²) in [6.07, 6.45) is 2.29. The first-order valence-corrected chi connectivity index (χ1v) is 4.19. The molecule has 10 heavy (non-hydrogen) atoms. The van der Waals surface area contributed by atoms with E-state index in [1.54, 1.807) is 0 Å². The molecule has 0 unspecified atom stereocenters. The molecule has 0 saturated heterocycles. The van der Waals surface area contributed by atoms with Crippen LogP contribution in [-0.4, -0.2) is 18.9 Å². The van der Waals surface area contributed by atoms with Crippen LogP contribution in [0.5, 0.6) is 0 Å². The Balaban J connectivity index is 2.19. The molecule has 0 aromatic heterocycles. The molecule has 0 fully saturated rings. The van der Waals surface area contributed by atoms with E-state index in [9.17, 15) is 0 Å². The van der Waals surface area contributed by atoms with Gasteiger partial charge in [0.2, 0.25) is 0 Å². The smallest absolute Gasteiger partial charge is 0.0966 e. The normalized spacial score (nSPS) is 16.7. The fourth-order valence-corrected chi connectivity index (χ4v) is 1.02. The molecule has 56 valence electrons. The minimum Gasteiger partial charge on any atom is -0.369 e. The molecule has 0 atom stereocenters.